The number of nitrogens with zero attached hydrogens (tertiary/aromatic N) is 3. The Morgan fingerprint density at radius 2 is 2.00 bits per heavy atom. The van der Waals surface area contributed by atoms with Crippen LogP contribution in [0.2, 0.25) is 0 Å². The van der Waals surface area contributed by atoms with Crippen molar-refractivity contribution in [2.24, 2.45) is 10.7 Å². The Bertz CT molecular complexity index is 876. The number of fused-ring (bicyclic) bond motifs is 1. The van der Waals surface area contributed by atoms with Gasteiger partial charge in [0.1, 0.15) is 11.7 Å². The van der Waals surface area contributed by atoms with E-state index in [1.165, 1.54) is 0 Å². The van der Waals surface area contributed by atoms with Crippen molar-refractivity contribution in [3.63, 3.8) is 0 Å². The maximum atomic E-state index is 6.05. The molecular formula is C17H21Cl2N5S. The Morgan fingerprint density at radius 1 is 1.24 bits per heavy atom. The second-order valence-electron chi connectivity index (χ2n) is 5.60. The highest BCUT2D eigenvalue weighted by atomic mass is 35.5. The van der Waals surface area contributed by atoms with E-state index in [-0.39, 0.29) is 30.9 Å². The number of aromatic nitrogens is 2. The number of anilines is 2. The SMILES string of the molecule is Cc1cccnc1Nc1nc2ccc(C(N)=NC(C)C)cc2s1.Cl.Cl. The normalized spacial score (nSPS) is 11.1. The zero-order chi connectivity index (χ0) is 16.4. The first kappa shape index (κ1) is 21.2. The number of pyridine rings is 1. The van der Waals surface area contributed by atoms with Gasteiger partial charge in [0, 0.05) is 17.8 Å². The van der Waals surface area contributed by atoms with Gasteiger partial charge in [-0.1, -0.05) is 17.4 Å². The summed E-state index contributed by atoms with van der Waals surface area (Å²) >= 11 is 1.58. The minimum Gasteiger partial charge on any atom is -0.383 e. The summed E-state index contributed by atoms with van der Waals surface area (Å²) in [6.07, 6.45) is 1.77. The highest BCUT2D eigenvalue weighted by Gasteiger charge is 2.08. The highest BCUT2D eigenvalue weighted by molar-refractivity contribution is 7.22. The minimum atomic E-state index is 0. The van der Waals surface area contributed by atoms with Crippen LogP contribution in [0.3, 0.4) is 0 Å². The molecule has 25 heavy (non-hydrogen) atoms. The first-order valence-corrected chi connectivity index (χ1v) is 8.27. The lowest BCUT2D eigenvalue weighted by molar-refractivity contribution is 0.834. The van der Waals surface area contributed by atoms with Crippen LogP contribution in [0.1, 0.15) is 25.0 Å². The molecule has 0 saturated heterocycles. The molecule has 0 spiro atoms. The van der Waals surface area contributed by atoms with Crippen LogP contribution in [-0.4, -0.2) is 21.8 Å². The fraction of sp³-hybridized carbons (Fsp3) is 0.235. The summed E-state index contributed by atoms with van der Waals surface area (Å²) in [7, 11) is 0. The van der Waals surface area contributed by atoms with Gasteiger partial charge in [0.2, 0.25) is 0 Å². The Labute approximate surface area is 163 Å². The summed E-state index contributed by atoms with van der Waals surface area (Å²) in [5.41, 5.74) is 8.99. The number of nitrogens with one attached hydrogen (secondary N) is 1. The van der Waals surface area contributed by atoms with Crippen LogP contribution in [0.4, 0.5) is 10.9 Å². The summed E-state index contributed by atoms with van der Waals surface area (Å²) in [6.45, 7) is 6.04. The first-order valence-electron chi connectivity index (χ1n) is 7.46. The van der Waals surface area contributed by atoms with Gasteiger partial charge >= 0.3 is 0 Å². The number of benzene rings is 1. The maximum absolute atomic E-state index is 6.05. The third kappa shape index (κ3) is 5.04. The molecule has 3 N–H and O–H groups in total. The fourth-order valence-electron chi connectivity index (χ4n) is 2.21. The number of amidine groups is 1. The zero-order valence-corrected chi connectivity index (χ0v) is 16.6. The smallest absolute Gasteiger partial charge is 0.189 e. The van der Waals surface area contributed by atoms with Gasteiger partial charge in [-0.2, -0.15) is 0 Å². The quantitative estimate of drug-likeness (QED) is 0.493. The number of nitrogens with two attached hydrogens (primary N) is 1. The lowest BCUT2D eigenvalue weighted by Crippen LogP contribution is -2.15. The Hall–Kier alpha value is -1.89. The summed E-state index contributed by atoms with van der Waals surface area (Å²) in [5, 5.41) is 4.10. The van der Waals surface area contributed by atoms with Gasteiger partial charge in [-0.15, -0.1) is 24.8 Å². The first-order chi connectivity index (χ1) is 11.0. The molecule has 5 nitrogen and oxygen atoms in total. The van der Waals surface area contributed by atoms with Gasteiger partial charge in [-0.05, 0) is 50.6 Å². The van der Waals surface area contributed by atoms with Crippen LogP contribution < -0.4 is 11.1 Å². The fourth-order valence-corrected chi connectivity index (χ4v) is 3.11. The molecule has 134 valence electrons. The van der Waals surface area contributed by atoms with E-state index in [2.05, 4.69) is 20.3 Å². The van der Waals surface area contributed by atoms with Gasteiger partial charge in [-0.25, -0.2) is 9.97 Å². The van der Waals surface area contributed by atoms with E-state index in [4.69, 9.17) is 5.73 Å². The predicted octanol–water partition coefficient (Wildman–Crippen LogP) is 4.70. The molecule has 0 aliphatic rings. The van der Waals surface area contributed by atoms with E-state index in [9.17, 15) is 0 Å². The molecule has 0 aliphatic heterocycles. The number of halogens is 2. The van der Waals surface area contributed by atoms with Gasteiger partial charge in [0.25, 0.3) is 0 Å². The molecule has 3 rings (SSSR count). The number of aryl methyl sites for hydroxylation is 1. The molecule has 0 unspecified atom stereocenters. The van der Waals surface area contributed by atoms with Gasteiger partial charge in [0.05, 0.1) is 10.2 Å². The van der Waals surface area contributed by atoms with Crippen molar-refractivity contribution in [2.45, 2.75) is 26.8 Å². The van der Waals surface area contributed by atoms with E-state index in [1.807, 2.05) is 51.1 Å². The monoisotopic (exact) mass is 397 g/mol. The largest absolute Gasteiger partial charge is 0.383 e. The number of hydrogen-bond acceptors (Lipinski definition) is 5. The van der Waals surface area contributed by atoms with Crippen molar-refractivity contribution in [1.29, 1.82) is 0 Å². The molecular weight excluding hydrogens is 377 g/mol. The molecule has 3 aromatic rings. The lowest BCUT2D eigenvalue weighted by atomic mass is 10.2. The molecule has 2 aromatic heterocycles. The van der Waals surface area contributed by atoms with Crippen LogP contribution in [0, 0.1) is 6.92 Å². The molecule has 0 bridgehead atoms. The number of rotatable bonds is 4. The highest BCUT2D eigenvalue weighted by Crippen LogP contribution is 2.29. The van der Waals surface area contributed by atoms with Crippen molar-refractivity contribution in [3.05, 3.63) is 47.7 Å². The molecule has 0 fully saturated rings. The average molecular weight is 398 g/mol. The topological polar surface area (TPSA) is 76.2 Å². The molecule has 0 amide bonds. The molecule has 1 aromatic carbocycles. The maximum Gasteiger partial charge on any atom is 0.189 e. The van der Waals surface area contributed by atoms with E-state index in [1.54, 1.807) is 17.5 Å². The van der Waals surface area contributed by atoms with E-state index >= 15 is 0 Å². The Kier molecular flexibility index (Phi) is 7.60. The second-order valence-corrected chi connectivity index (χ2v) is 6.63. The average Bonchev–Trinajstić information content (AvgIpc) is 2.90. The molecule has 8 heteroatoms. The van der Waals surface area contributed by atoms with E-state index < -0.39 is 0 Å². The van der Waals surface area contributed by atoms with E-state index in [0.29, 0.717) is 5.84 Å². The van der Waals surface area contributed by atoms with Gasteiger partial charge in [-0.3, -0.25) is 4.99 Å². The number of thiazole rings is 1. The van der Waals surface area contributed by atoms with Crippen LogP contribution in [0.25, 0.3) is 10.2 Å². The summed E-state index contributed by atoms with van der Waals surface area (Å²) in [4.78, 5) is 13.3. The van der Waals surface area contributed by atoms with Crippen molar-refractivity contribution in [1.82, 2.24) is 9.97 Å². The molecule has 0 radical (unpaired) electrons. The van der Waals surface area contributed by atoms with Crippen LogP contribution in [-0.2, 0) is 0 Å². The molecule has 0 atom stereocenters. The van der Waals surface area contributed by atoms with Crippen LogP contribution in [0.15, 0.2) is 41.5 Å². The minimum absolute atomic E-state index is 0. The van der Waals surface area contributed by atoms with E-state index in [0.717, 1.165) is 32.3 Å². The van der Waals surface area contributed by atoms with Gasteiger partial charge in [0.15, 0.2) is 5.13 Å². The lowest BCUT2D eigenvalue weighted by Gasteiger charge is -2.03. The third-order valence-electron chi connectivity index (χ3n) is 3.32. The van der Waals surface area contributed by atoms with Crippen molar-refractivity contribution in [2.75, 3.05) is 5.32 Å². The molecule has 0 aliphatic carbocycles. The Morgan fingerprint density at radius 3 is 2.68 bits per heavy atom. The summed E-state index contributed by atoms with van der Waals surface area (Å²) < 4.78 is 1.07. The van der Waals surface area contributed by atoms with Crippen molar-refractivity contribution >= 4 is 63.2 Å². The van der Waals surface area contributed by atoms with Gasteiger partial charge < -0.3 is 11.1 Å². The second kappa shape index (κ2) is 8.99. The Balaban J connectivity index is 0.00000156. The molecule has 2 heterocycles. The number of hydrogen-bond donors (Lipinski definition) is 2. The summed E-state index contributed by atoms with van der Waals surface area (Å²) in [5.74, 6) is 1.39. The standard InChI is InChI=1S/C17H19N5S.2ClH/c1-10(2)20-15(18)12-6-7-13-14(9-12)23-17(21-13)22-16-11(3)5-4-8-19-16;;/h4-10H,1-3H3,(H2,18,20)(H,19,21,22);2*1H. The molecule has 0 saturated carbocycles. The predicted molar refractivity (Wildman–Crippen MR) is 112 cm³/mol. The van der Waals surface area contributed by atoms with Crippen LogP contribution >= 0.6 is 36.2 Å². The van der Waals surface area contributed by atoms with Crippen molar-refractivity contribution in [3.8, 4) is 0 Å². The van der Waals surface area contributed by atoms with Crippen LogP contribution in [0.5, 0.6) is 0 Å². The summed E-state index contributed by atoms with van der Waals surface area (Å²) in [6, 6.07) is 10.1. The zero-order valence-electron chi connectivity index (χ0n) is 14.2. The number of aliphatic imine (C=N–C) groups is 1. The van der Waals surface area contributed by atoms with Crippen molar-refractivity contribution < 1.29 is 0 Å². The third-order valence-corrected chi connectivity index (χ3v) is 4.25.